The molecule has 0 aliphatic rings. The second-order valence-electron chi connectivity index (χ2n) is 4.29. The van der Waals surface area contributed by atoms with Gasteiger partial charge in [0.25, 0.3) is 0 Å². The lowest BCUT2D eigenvalue weighted by Crippen LogP contribution is -2.21. The van der Waals surface area contributed by atoms with Gasteiger partial charge in [0.1, 0.15) is 5.82 Å². The predicted octanol–water partition coefficient (Wildman–Crippen LogP) is 4.95. The van der Waals surface area contributed by atoms with Crippen LogP contribution in [0.3, 0.4) is 0 Å². The third-order valence-corrected chi connectivity index (χ3v) is 3.48. The molecule has 0 nitrogen and oxygen atoms in total. The van der Waals surface area contributed by atoms with Crippen molar-refractivity contribution in [3.63, 3.8) is 0 Å². The molecule has 0 bridgehead atoms. The molecule has 1 aromatic rings. The Kier molecular flexibility index (Phi) is 4.15. The van der Waals surface area contributed by atoms with E-state index in [0.29, 0.717) is 5.02 Å². The van der Waals surface area contributed by atoms with Gasteiger partial charge in [0.15, 0.2) is 0 Å². The third kappa shape index (κ3) is 2.72. The summed E-state index contributed by atoms with van der Waals surface area (Å²) >= 11 is 6.09. The molecule has 1 aromatic carbocycles. The Hall–Kier alpha value is -0.560. The molecule has 1 rings (SSSR count). The summed E-state index contributed by atoms with van der Waals surface area (Å²) in [4.78, 5) is 0. The van der Waals surface area contributed by atoms with E-state index >= 15 is 0 Å². The first-order valence-electron chi connectivity index (χ1n) is 5.49. The van der Waals surface area contributed by atoms with Gasteiger partial charge in [-0.3, -0.25) is 0 Å². The summed E-state index contributed by atoms with van der Waals surface area (Å²) in [6.07, 6.45) is 3.21. The van der Waals surface area contributed by atoms with E-state index in [-0.39, 0.29) is 11.2 Å². The van der Waals surface area contributed by atoms with E-state index < -0.39 is 0 Å². The summed E-state index contributed by atoms with van der Waals surface area (Å²) in [6, 6.07) is 4.71. The van der Waals surface area contributed by atoms with Crippen LogP contribution in [0.15, 0.2) is 18.2 Å². The van der Waals surface area contributed by atoms with Gasteiger partial charge in [-0.2, -0.15) is 0 Å². The maximum absolute atomic E-state index is 12.9. The summed E-state index contributed by atoms with van der Waals surface area (Å²) in [5.74, 6) is -0.265. The monoisotopic (exact) mass is 228 g/mol. The van der Waals surface area contributed by atoms with Gasteiger partial charge in [-0.1, -0.05) is 44.9 Å². The van der Waals surface area contributed by atoms with Crippen molar-refractivity contribution in [1.82, 2.24) is 0 Å². The number of hydrogen-bond acceptors (Lipinski definition) is 0. The largest absolute Gasteiger partial charge is 0.207 e. The lowest BCUT2D eigenvalue weighted by Gasteiger charge is -2.29. The lowest BCUT2D eigenvalue weighted by atomic mass is 9.76. The fourth-order valence-electron chi connectivity index (χ4n) is 2.03. The molecule has 15 heavy (non-hydrogen) atoms. The Morgan fingerprint density at radius 2 is 2.00 bits per heavy atom. The second kappa shape index (κ2) is 4.98. The molecule has 1 atom stereocenters. The molecule has 0 amide bonds. The fourth-order valence-corrected chi connectivity index (χ4v) is 2.43. The molecular formula is C13H18ClF. The zero-order chi connectivity index (χ0) is 11.5. The molecule has 0 radical (unpaired) electrons. The average Bonchev–Trinajstić information content (AvgIpc) is 2.17. The van der Waals surface area contributed by atoms with Crippen LogP contribution in [0.5, 0.6) is 0 Å². The SMILES string of the molecule is CCCC(C)(CC)c1ccc(F)cc1Cl. The minimum atomic E-state index is -0.265. The highest BCUT2D eigenvalue weighted by molar-refractivity contribution is 6.31. The highest BCUT2D eigenvalue weighted by Crippen LogP contribution is 2.36. The maximum atomic E-state index is 12.9. The maximum Gasteiger partial charge on any atom is 0.124 e. The quantitative estimate of drug-likeness (QED) is 0.684. The Balaban J connectivity index is 3.12. The fraction of sp³-hybridized carbons (Fsp3) is 0.538. The van der Waals surface area contributed by atoms with Crippen molar-refractivity contribution in [2.24, 2.45) is 0 Å². The standard InChI is InChI=1S/C13H18ClF/c1-4-8-13(3,5-2)11-7-6-10(15)9-12(11)14/h6-7,9H,4-5,8H2,1-3H3. The van der Waals surface area contributed by atoms with Crippen molar-refractivity contribution in [3.05, 3.63) is 34.6 Å². The average molecular weight is 229 g/mol. The molecule has 2 heteroatoms. The molecule has 0 N–H and O–H groups in total. The molecule has 84 valence electrons. The van der Waals surface area contributed by atoms with Crippen LogP contribution in [-0.4, -0.2) is 0 Å². The zero-order valence-electron chi connectivity index (χ0n) is 9.61. The van der Waals surface area contributed by atoms with E-state index in [9.17, 15) is 4.39 Å². The van der Waals surface area contributed by atoms with Crippen LogP contribution in [-0.2, 0) is 5.41 Å². The third-order valence-electron chi connectivity index (χ3n) is 3.16. The van der Waals surface area contributed by atoms with Gasteiger partial charge in [0.05, 0.1) is 0 Å². The number of halogens is 2. The highest BCUT2D eigenvalue weighted by atomic mass is 35.5. The Morgan fingerprint density at radius 3 is 2.47 bits per heavy atom. The Bertz CT molecular complexity index is 335. The molecule has 0 heterocycles. The van der Waals surface area contributed by atoms with Crippen LogP contribution >= 0.6 is 11.6 Å². The van der Waals surface area contributed by atoms with Gasteiger partial charge in [-0.25, -0.2) is 4.39 Å². The molecule has 0 saturated heterocycles. The van der Waals surface area contributed by atoms with Gasteiger partial charge >= 0.3 is 0 Å². The topological polar surface area (TPSA) is 0 Å². The summed E-state index contributed by atoms with van der Waals surface area (Å²) in [5, 5.41) is 0.549. The smallest absolute Gasteiger partial charge is 0.124 e. The van der Waals surface area contributed by atoms with Crippen molar-refractivity contribution in [3.8, 4) is 0 Å². The van der Waals surface area contributed by atoms with Crippen molar-refractivity contribution in [1.29, 1.82) is 0 Å². The molecule has 0 spiro atoms. The van der Waals surface area contributed by atoms with Gasteiger partial charge < -0.3 is 0 Å². The number of benzene rings is 1. The first kappa shape index (κ1) is 12.5. The second-order valence-corrected chi connectivity index (χ2v) is 4.70. The van der Waals surface area contributed by atoms with Crippen molar-refractivity contribution < 1.29 is 4.39 Å². The normalized spacial score (nSPS) is 15.0. The number of hydrogen-bond donors (Lipinski definition) is 0. The summed E-state index contributed by atoms with van der Waals surface area (Å²) < 4.78 is 12.9. The Morgan fingerprint density at radius 1 is 1.33 bits per heavy atom. The first-order valence-corrected chi connectivity index (χ1v) is 5.87. The van der Waals surface area contributed by atoms with E-state index in [1.807, 2.05) is 6.07 Å². The van der Waals surface area contributed by atoms with E-state index in [1.165, 1.54) is 12.1 Å². The highest BCUT2D eigenvalue weighted by Gasteiger charge is 2.25. The van der Waals surface area contributed by atoms with Crippen LogP contribution in [0.1, 0.15) is 45.6 Å². The molecule has 0 saturated carbocycles. The van der Waals surface area contributed by atoms with E-state index in [4.69, 9.17) is 11.6 Å². The minimum absolute atomic E-state index is 0.0690. The van der Waals surface area contributed by atoms with Crippen LogP contribution < -0.4 is 0 Å². The van der Waals surface area contributed by atoms with E-state index in [2.05, 4.69) is 20.8 Å². The van der Waals surface area contributed by atoms with Crippen LogP contribution in [0.2, 0.25) is 5.02 Å². The van der Waals surface area contributed by atoms with E-state index in [1.54, 1.807) is 0 Å². The van der Waals surface area contributed by atoms with Gasteiger partial charge in [0.2, 0.25) is 0 Å². The van der Waals surface area contributed by atoms with Crippen LogP contribution in [0.25, 0.3) is 0 Å². The van der Waals surface area contributed by atoms with Gasteiger partial charge in [-0.15, -0.1) is 0 Å². The predicted molar refractivity (Wildman–Crippen MR) is 64.0 cm³/mol. The Labute approximate surface area is 96.5 Å². The van der Waals surface area contributed by atoms with Gasteiger partial charge in [0, 0.05) is 5.02 Å². The minimum Gasteiger partial charge on any atom is -0.207 e. The van der Waals surface area contributed by atoms with Crippen molar-refractivity contribution in [2.45, 2.75) is 45.4 Å². The van der Waals surface area contributed by atoms with Crippen LogP contribution in [0, 0.1) is 5.82 Å². The molecule has 0 fully saturated rings. The number of rotatable bonds is 4. The molecule has 0 aliphatic carbocycles. The molecular weight excluding hydrogens is 211 g/mol. The van der Waals surface area contributed by atoms with Gasteiger partial charge in [-0.05, 0) is 36.0 Å². The first-order chi connectivity index (χ1) is 7.03. The van der Waals surface area contributed by atoms with Crippen molar-refractivity contribution >= 4 is 11.6 Å². The molecule has 1 unspecified atom stereocenters. The van der Waals surface area contributed by atoms with Crippen molar-refractivity contribution in [2.75, 3.05) is 0 Å². The lowest BCUT2D eigenvalue weighted by molar-refractivity contribution is 0.413. The summed E-state index contributed by atoms with van der Waals surface area (Å²) in [5.41, 5.74) is 1.13. The van der Waals surface area contributed by atoms with Crippen LogP contribution in [0.4, 0.5) is 4.39 Å². The molecule has 0 aliphatic heterocycles. The summed E-state index contributed by atoms with van der Waals surface area (Å²) in [7, 11) is 0. The van der Waals surface area contributed by atoms with E-state index in [0.717, 1.165) is 24.8 Å². The summed E-state index contributed by atoms with van der Waals surface area (Å²) in [6.45, 7) is 6.50. The molecule has 0 aromatic heterocycles. The zero-order valence-corrected chi connectivity index (χ0v) is 10.4.